The molecule has 11 heavy (non-hydrogen) atoms. The molecule has 0 spiro atoms. The lowest BCUT2D eigenvalue weighted by atomic mass is 9.84. The first-order valence-corrected chi connectivity index (χ1v) is 4.46. The summed E-state index contributed by atoms with van der Waals surface area (Å²) in [6.07, 6.45) is 6.01. The van der Waals surface area contributed by atoms with Crippen LogP contribution in [-0.2, 0) is 4.79 Å². The molecule has 1 heterocycles. The van der Waals surface area contributed by atoms with Gasteiger partial charge in [0.25, 0.3) is 0 Å². The highest BCUT2D eigenvalue weighted by molar-refractivity contribution is 5.58. The van der Waals surface area contributed by atoms with Gasteiger partial charge < -0.3 is 10.1 Å². The summed E-state index contributed by atoms with van der Waals surface area (Å²) in [6, 6.07) is 0.767. The number of fused-ring (bicyclic) bond motifs is 1. The number of carbonyl (C=O) groups is 1. The van der Waals surface area contributed by atoms with Crippen molar-refractivity contribution in [2.75, 3.05) is 0 Å². The van der Waals surface area contributed by atoms with Crippen molar-refractivity contribution in [1.82, 2.24) is 5.32 Å². The lowest BCUT2D eigenvalue weighted by molar-refractivity contribution is -0.109. The van der Waals surface area contributed by atoms with E-state index in [0.717, 1.165) is 12.7 Å². The normalized spacial score (nSPS) is 49.2. The zero-order chi connectivity index (χ0) is 7.90. The monoisotopic (exact) mass is 153 g/mol. The van der Waals surface area contributed by atoms with Crippen molar-refractivity contribution in [2.24, 2.45) is 5.41 Å². The predicted octanol–water partition coefficient (Wildman–Crippen LogP) is 1.11. The van der Waals surface area contributed by atoms with E-state index in [0.29, 0.717) is 11.5 Å². The zero-order valence-electron chi connectivity index (χ0n) is 6.97. The molecule has 0 aromatic heterocycles. The SMILES string of the molecule is C[C@@]12CCCC1NC(C=O)C2. The molecule has 0 radical (unpaired) electrons. The summed E-state index contributed by atoms with van der Waals surface area (Å²) >= 11 is 0. The molecule has 3 atom stereocenters. The van der Waals surface area contributed by atoms with E-state index in [-0.39, 0.29) is 6.04 Å². The molecule has 2 aliphatic rings. The van der Waals surface area contributed by atoms with Crippen LogP contribution in [0.25, 0.3) is 0 Å². The van der Waals surface area contributed by atoms with E-state index in [1.54, 1.807) is 0 Å². The third kappa shape index (κ3) is 1.00. The molecule has 1 saturated heterocycles. The molecule has 2 nitrogen and oxygen atoms in total. The molecule has 2 unspecified atom stereocenters. The quantitative estimate of drug-likeness (QED) is 0.572. The Balaban J connectivity index is 2.12. The van der Waals surface area contributed by atoms with Gasteiger partial charge >= 0.3 is 0 Å². The van der Waals surface area contributed by atoms with Gasteiger partial charge in [-0.25, -0.2) is 0 Å². The summed E-state index contributed by atoms with van der Waals surface area (Å²) in [5, 5.41) is 3.38. The van der Waals surface area contributed by atoms with E-state index in [1.165, 1.54) is 19.3 Å². The predicted molar refractivity (Wildman–Crippen MR) is 43.4 cm³/mol. The molecule has 2 rings (SSSR count). The van der Waals surface area contributed by atoms with Crippen molar-refractivity contribution >= 4 is 6.29 Å². The van der Waals surface area contributed by atoms with Crippen LogP contribution in [0.3, 0.4) is 0 Å². The molecule has 2 heteroatoms. The Labute approximate surface area is 67.4 Å². The number of nitrogens with one attached hydrogen (secondary N) is 1. The highest BCUT2D eigenvalue weighted by Gasteiger charge is 2.45. The molecule has 0 bridgehead atoms. The lowest BCUT2D eigenvalue weighted by Gasteiger charge is -2.21. The Kier molecular flexibility index (Phi) is 1.53. The van der Waals surface area contributed by atoms with Crippen LogP contribution in [0.4, 0.5) is 0 Å². The minimum atomic E-state index is 0.144. The van der Waals surface area contributed by atoms with Gasteiger partial charge in [0.15, 0.2) is 0 Å². The van der Waals surface area contributed by atoms with Crippen molar-refractivity contribution in [3.8, 4) is 0 Å². The van der Waals surface area contributed by atoms with E-state index >= 15 is 0 Å². The third-order valence-corrected chi connectivity index (χ3v) is 3.35. The van der Waals surface area contributed by atoms with Gasteiger partial charge in [-0.2, -0.15) is 0 Å². The summed E-state index contributed by atoms with van der Waals surface area (Å²) in [6.45, 7) is 2.31. The molecule has 62 valence electrons. The van der Waals surface area contributed by atoms with Gasteiger partial charge in [-0.15, -0.1) is 0 Å². The first-order chi connectivity index (χ1) is 5.24. The van der Waals surface area contributed by atoms with E-state index in [9.17, 15) is 4.79 Å². The average Bonchev–Trinajstić information content (AvgIpc) is 2.42. The fourth-order valence-corrected chi connectivity index (χ4v) is 2.67. The molecule has 0 aromatic rings. The molecule has 1 N–H and O–H groups in total. The van der Waals surface area contributed by atoms with Gasteiger partial charge in [0.1, 0.15) is 6.29 Å². The Morgan fingerprint density at radius 1 is 1.64 bits per heavy atom. The van der Waals surface area contributed by atoms with Crippen molar-refractivity contribution in [3.63, 3.8) is 0 Å². The first kappa shape index (κ1) is 7.29. The van der Waals surface area contributed by atoms with Crippen LogP contribution in [0.1, 0.15) is 32.6 Å². The molecule has 2 fully saturated rings. The molecular weight excluding hydrogens is 138 g/mol. The summed E-state index contributed by atoms with van der Waals surface area (Å²) in [5.74, 6) is 0. The summed E-state index contributed by atoms with van der Waals surface area (Å²) < 4.78 is 0. The highest BCUT2D eigenvalue weighted by Crippen LogP contribution is 2.45. The fourth-order valence-electron chi connectivity index (χ4n) is 2.67. The average molecular weight is 153 g/mol. The Morgan fingerprint density at radius 2 is 2.45 bits per heavy atom. The van der Waals surface area contributed by atoms with Gasteiger partial charge in [-0.1, -0.05) is 13.3 Å². The van der Waals surface area contributed by atoms with Crippen molar-refractivity contribution in [2.45, 2.75) is 44.7 Å². The van der Waals surface area contributed by atoms with Gasteiger partial charge in [0.2, 0.25) is 0 Å². The maximum atomic E-state index is 10.5. The number of hydrogen-bond acceptors (Lipinski definition) is 2. The number of rotatable bonds is 1. The Bertz CT molecular complexity index is 180. The number of hydrogen-bond donors (Lipinski definition) is 1. The number of aldehydes is 1. The summed E-state index contributed by atoms with van der Waals surface area (Å²) in [4.78, 5) is 10.5. The van der Waals surface area contributed by atoms with Crippen molar-refractivity contribution < 1.29 is 4.79 Å². The molecule has 1 aliphatic heterocycles. The first-order valence-electron chi connectivity index (χ1n) is 4.46. The molecule has 0 amide bonds. The standard InChI is InChI=1S/C9H15NO/c1-9-4-2-3-8(9)10-7(5-9)6-11/h6-8,10H,2-5H2,1H3/t7?,8?,9-/m0/s1. The summed E-state index contributed by atoms with van der Waals surface area (Å²) in [5.41, 5.74) is 0.436. The van der Waals surface area contributed by atoms with Crippen LogP contribution in [0, 0.1) is 5.41 Å². The number of carbonyl (C=O) groups excluding carboxylic acids is 1. The molecular formula is C9H15NO. The molecule has 1 saturated carbocycles. The second-order valence-electron chi connectivity index (χ2n) is 4.21. The fraction of sp³-hybridized carbons (Fsp3) is 0.889. The second-order valence-corrected chi connectivity index (χ2v) is 4.21. The van der Waals surface area contributed by atoms with Gasteiger partial charge in [-0.05, 0) is 24.7 Å². The van der Waals surface area contributed by atoms with E-state index in [2.05, 4.69) is 12.2 Å². The summed E-state index contributed by atoms with van der Waals surface area (Å²) in [7, 11) is 0. The maximum absolute atomic E-state index is 10.5. The van der Waals surface area contributed by atoms with Crippen molar-refractivity contribution in [3.05, 3.63) is 0 Å². The van der Waals surface area contributed by atoms with E-state index in [4.69, 9.17) is 0 Å². The largest absolute Gasteiger partial charge is 0.304 e. The maximum Gasteiger partial charge on any atom is 0.136 e. The van der Waals surface area contributed by atoms with Crippen LogP contribution in [0.15, 0.2) is 0 Å². The minimum absolute atomic E-state index is 0.144. The van der Waals surface area contributed by atoms with Crippen LogP contribution >= 0.6 is 0 Å². The Hall–Kier alpha value is -0.370. The van der Waals surface area contributed by atoms with Crippen LogP contribution < -0.4 is 5.32 Å². The molecule has 0 aromatic carbocycles. The van der Waals surface area contributed by atoms with Crippen molar-refractivity contribution in [1.29, 1.82) is 0 Å². The smallest absolute Gasteiger partial charge is 0.136 e. The third-order valence-electron chi connectivity index (χ3n) is 3.35. The topological polar surface area (TPSA) is 29.1 Å². The van der Waals surface area contributed by atoms with Gasteiger partial charge in [-0.3, -0.25) is 0 Å². The molecule has 1 aliphatic carbocycles. The zero-order valence-corrected chi connectivity index (χ0v) is 6.97. The lowest BCUT2D eigenvalue weighted by Crippen LogP contribution is -2.32. The van der Waals surface area contributed by atoms with E-state index < -0.39 is 0 Å². The van der Waals surface area contributed by atoms with E-state index in [1.807, 2.05) is 0 Å². The van der Waals surface area contributed by atoms with Gasteiger partial charge in [0, 0.05) is 6.04 Å². The van der Waals surface area contributed by atoms with Crippen LogP contribution in [-0.4, -0.2) is 18.4 Å². The Morgan fingerprint density at radius 3 is 3.09 bits per heavy atom. The van der Waals surface area contributed by atoms with Gasteiger partial charge in [0.05, 0.1) is 6.04 Å². The van der Waals surface area contributed by atoms with Crippen LogP contribution in [0.2, 0.25) is 0 Å². The van der Waals surface area contributed by atoms with Crippen LogP contribution in [0.5, 0.6) is 0 Å². The minimum Gasteiger partial charge on any atom is -0.304 e. The highest BCUT2D eigenvalue weighted by atomic mass is 16.1. The second kappa shape index (κ2) is 2.31.